The van der Waals surface area contributed by atoms with Gasteiger partial charge in [0.25, 0.3) is 11.5 Å². The van der Waals surface area contributed by atoms with Crippen molar-refractivity contribution in [2.24, 2.45) is 22.7 Å². The minimum atomic E-state index is -0.834. The number of carbonyl (C=O) groups is 2. The van der Waals surface area contributed by atoms with E-state index in [-0.39, 0.29) is 24.1 Å². The number of esters is 1. The molecule has 4 aliphatic rings. The summed E-state index contributed by atoms with van der Waals surface area (Å²) in [7, 11) is 0. The van der Waals surface area contributed by atoms with E-state index < -0.39 is 24.0 Å². The fourth-order valence-electron chi connectivity index (χ4n) is 8.51. The number of piperidine rings is 2. The van der Waals surface area contributed by atoms with Crippen molar-refractivity contribution in [2.75, 3.05) is 13.2 Å². The van der Waals surface area contributed by atoms with Gasteiger partial charge in [-0.05, 0) is 75.8 Å². The van der Waals surface area contributed by atoms with Crippen LogP contribution in [0.1, 0.15) is 95.7 Å². The van der Waals surface area contributed by atoms with E-state index in [9.17, 15) is 14.4 Å². The van der Waals surface area contributed by atoms with E-state index in [4.69, 9.17) is 15.3 Å². The number of hydrogen-bond acceptors (Lipinski definition) is 8. The largest absolute Gasteiger partial charge is 0.461 e. The Morgan fingerprint density at radius 2 is 1.62 bits per heavy atom. The third-order valence-electron chi connectivity index (χ3n) is 10.00. The standard InChI is InChI=1S/C32H43N5O5/c1-2-41-32(40)30(35-42-19-28(33)38)29-31(39)37(27-13-6-5-12-26(27)34-29)25-17-22-10-7-11-23(18-25)36(22)24-15-20-8-3-4-9-21(14-20)16-24/h5-6,12-13,20-25H,2-4,7-11,14-19H2,1H3,(H2,33,38)/b35-30-/t20?,21?,22-,23+,24?,25+. The lowest BCUT2D eigenvalue weighted by Gasteiger charge is -2.54. The molecule has 10 nitrogen and oxygen atoms in total. The van der Waals surface area contributed by atoms with E-state index in [0.29, 0.717) is 23.6 Å². The molecule has 6 rings (SSSR count). The normalized spacial score (nSPS) is 30.0. The summed E-state index contributed by atoms with van der Waals surface area (Å²) in [5.74, 6) is 0.142. The number of benzene rings is 1. The van der Waals surface area contributed by atoms with Crippen LogP contribution in [-0.2, 0) is 19.2 Å². The van der Waals surface area contributed by atoms with Crippen LogP contribution in [0.3, 0.4) is 0 Å². The molecule has 2 aliphatic carbocycles. The maximum Gasteiger partial charge on any atom is 0.362 e. The molecule has 2 N–H and O–H groups in total. The first-order valence-corrected chi connectivity index (χ1v) is 15.9. The average molecular weight is 578 g/mol. The van der Waals surface area contributed by atoms with Gasteiger partial charge in [0.05, 0.1) is 17.6 Å². The molecule has 42 heavy (non-hydrogen) atoms. The van der Waals surface area contributed by atoms with Gasteiger partial charge in [-0.25, -0.2) is 9.78 Å². The van der Waals surface area contributed by atoms with E-state index in [1.165, 1.54) is 51.4 Å². The Hall–Kier alpha value is -3.27. The molecule has 4 fully saturated rings. The molecular formula is C32H43N5O5. The number of nitrogens with two attached hydrogens (primary N) is 1. The molecule has 2 aliphatic heterocycles. The zero-order valence-electron chi connectivity index (χ0n) is 24.6. The summed E-state index contributed by atoms with van der Waals surface area (Å²) < 4.78 is 7.03. The Kier molecular flexibility index (Phi) is 8.60. The molecule has 2 saturated heterocycles. The summed E-state index contributed by atoms with van der Waals surface area (Å²) in [5.41, 5.74) is 5.62. The quantitative estimate of drug-likeness (QED) is 0.284. The molecular weight excluding hydrogens is 534 g/mol. The highest BCUT2D eigenvalue weighted by atomic mass is 16.6. The van der Waals surface area contributed by atoms with E-state index >= 15 is 0 Å². The van der Waals surface area contributed by atoms with Gasteiger partial charge in [-0.2, -0.15) is 0 Å². The topological polar surface area (TPSA) is 129 Å². The van der Waals surface area contributed by atoms with Crippen LogP contribution in [0.4, 0.5) is 0 Å². The molecule has 2 unspecified atom stereocenters. The summed E-state index contributed by atoms with van der Waals surface area (Å²) >= 11 is 0. The van der Waals surface area contributed by atoms with Crippen LogP contribution in [0.5, 0.6) is 0 Å². The van der Waals surface area contributed by atoms with Gasteiger partial charge in [0, 0.05) is 24.2 Å². The van der Waals surface area contributed by atoms with Crippen molar-refractivity contribution in [1.29, 1.82) is 0 Å². The van der Waals surface area contributed by atoms with Gasteiger partial charge in [-0.15, -0.1) is 0 Å². The van der Waals surface area contributed by atoms with Crippen molar-refractivity contribution >= 4 is 28.6 Å². The third-order valence-corrected chi connectivity index (χ3v) is 10.00. The van der Waals surface area contributed by atoms with Crippen molar-refractivity contribution in [2.45, 2.75) is 108 Å². The zero-order chi connectivity index (χ0) is 29.2. The monoisotopic (exact) mass is 577 g/mol. The molecule has 1 aromatic heterocycles. The molecule has 0 radical (unpaired) electrons. The van der Waals surface area contributed by atoms with Crippen LogP contribution in [0.15, 0.2) is 34.2 Å². The van der Waals surface area contributed by atoms with Gasteiger partial charge in [0.15, 0.2) is 12.3 Å². The number of rotatable bonds is 8. The van der Waals surface area contributed by atoms with E-state index in [1.807, 2.05) is 28.8 Å². The summed E-state index contributed by atoms with van der Waals surface area (Å²) in [5, 5.41) is 3.83. The first-order chi connectivity index (χ1) is 20.4. The van der Waals surface area contributed by atoms with Crippen LogP contribution >= 0.6 is 0 Å². The number of fused-ring (bicyclic) bond motifs is 5. The predicted molar refractivity (Wildman–Crippen MR) is 159 cm³/mol. The van der Waals surface area contributed by atoms with Gasteiger partial charge >= 0.3 is 5.97 Å². The second kappa shape index (κ2) is 12.5. The maximum atomic E-state index is 14.3. The van der Waals surface area contributed by atoms with Crippen molar-refractivity contribution in [3.8, 4) is 0 Å². The second-order valence-corrected chi connectivity index (χ2v) is 12.7. The van der Waals surface area contributed by atoms with E-state index in [0.717, 1.165) is 43.0 Å². The van der Waals surface area contributed by atoms with Crippen molar-refractivity contribution in [3.63, 3.8) is 0 Å². The lowest BCUT2D eigenvalue weighted by atomic mass is 9.73. The number of hydrogen-bond donors (Lipinski definition) is 1. The minimum Gasteiger partial charge on any atom is -0.461 e. The van der Waals surface area contributed by atoms with Crippen LogP contribution in [0.2, 0.25) is 0 Å². The van der Waals surface area contributed by atoms with Gasteiger partial charge in [0.1, 0.15) is 0 Å². The smallest absolute Gasteiger partial charge is 0.362 e. The molecule has 4 bridgehead atoms. The number of ether oxygens (including phenoxy) is 1. The highest BCUT2D eigenvalue weighted by Gasteiger charge is 2.45. The number of para-hydroxylation sites is 2. The Labute approximate surface area is 246 Å². The molecule has 10 heteroatoms. The van der Waals surface area contributed by atoms with Crippen molar-refractivity contribution in [1.82, 2.24) is 14.5 Å². The van der Waals surface area contributed by atoms with Crippen molar-refractivity contribution in [3.05, 3.63) is 40.3 Å². The van der Waals surface area contributed by atoms with Crippen molar-refractivity contribution < 1.29 is 19.2 Å². The number of aromatic nitrogens is 2. The maximum absolute atomic E-state index is 14.3. The van der Waals surface area contributed by atoms with Crippen LogP contribution in [-0.4, -0.2) is 63.4 Å². The highest BCUT2D eigenvalue weighted by Crippen LogP contribution is 2.47. The number of primary amides is 1. The van der Waals surface area contributed by atoms with Gasteiger partial charge < -0.3 is 19.9 Å². The molecule has 3 heterocycles. The number of nitrogens with zero attached hydrogens (tertiary/aromatic N) is 4. The Morgan fingerprint density at radius 3 is 2.29 bits per heavy atom. The van der Waals surface area contributed by atoms with E-state index in [2.05, 4.69) is 15.0 Å². The number of carbonyl (C=O) groups excluding carboxylic acids is 2. The lowest BCUT2D eigenvalue weighted by molar-refractivity contribution is -0.135. The first-order valence-electron chi connectivity index (χ1n) is 15.9. The molecule has 1 aromatic carbocycles. The fourth-order valence-corrected chi connectivity index (χ4v) is 8.51. The van der Waals surface area contributed by atoms with Gasteiger partial charge in [0.2, 0.25) is 5.71 Å². The summed E-state index contributed by atoms with van der Waals surface area (Å²) in [6.45, 7) is 1.22. The third kappa shape index (κ3) is 5.82. The van der Waals surface area contributed by atoms with Crippen LogP contribution in [0.25, 0.3) is 11.0 Å². The van der Waals surface area contributed by atoms with Gasteiger partial charge in [-0.1, -0.05) is 49.4 Å². The minimum absolute atomic E-state index is 0.0310. The van der Waals surface area contributed by atoms with E-state index in [1.54, 1.807) is 6.92 Å². The summed E-state index contributed by atoms with van der Waals surface area (Å²) in [6, 6.07) is 9.02. The summed E-state index contributed by atoms with van der Waals surface area (Å²) in [4.78, 5) is 50.9. The number of amides is 1. The first kappa shape index (κ1) is 28.8. The molecule has 2 aromatic rings. The highest BCUT2D eigenvalue weighted by molar-refractivity contribution is 6.42. The molecule has 1 amide bonds. The van der Waals surface area contributed by atoms with Crippen LogP contribution in [0, 0.1) is 11.8 Å². The lowest BCUT2D eigenvalue weighted by Crippen LogP contribution is -2.58. The SMILES string of the molecule is CCOC(=O)/C(=N\OCC(N)=O)c1nc2ccccc2n([C@H]2C[C@H]3CCC[C@@H](C2)N3C2CC3CCCCC(C3)C2)c1=O. The van der Waals surface area contributed by atoms with Gasteiger partial charge in [-0.3, -0.25) is 14.5 Å². The Morgan fingerprint density at radius 1 is 0.929 bits per heavy atom. The molecule has 0 spiro atoms. The Balaban J connectivity index is 1.35. The molecule has 226 valence electrons. The molecule has 2 saturated carbocycles. The molecule has 5 atom stereocenters. The summed E-state index contributed by atoms with van der Waals surface area (Å²) in [6.07, 6.45) is 14.9. The Bertz CT molecular complexity index is 1380. The fraction of sp³-hybridized carbons (Fsp3) is 0.656. The number of oxime groups is 1. The second-order valence-electron chi connectivity index (χ2n) is 12.7. The zero-order valence-corrected chi connectivity index (χ0v) is 24.6. The predicted octanol–water partition coefficient (Wildman–Crippen LogP) is 4.08. The average Bonchev–Trinajstić information content (AvgIpc) is 3.13. The van der Waals surface area contributed by atoms with Crippen LogP contribution < -0.4 is 11.3 Å².